The van der Waals surface area contributed by atoms with Crippen molar-refractivity contribution in [1.29, 1.82) is 0 Å². The molecule has 0 saturated carbocycles. The van der Waals surface area contributed by atoms with Gasteiger partial charge >= 0.3 is 0 Å². The second kappa shape index (κ2) is 15.5. The summed E-state index contributed by atoms with van der Waals surface area (Å²) >= 11 is 1.29. The molecule has 42 heavy (non-hydrogen) atoms. The van der Waals surface area contributed by atoms with Crippen LogP contribution in [0.25, 0.3) is 0 Å². The predicted octanol–water partition coefficient (Wildman–Crippen LogP) is 3.99. The highest BCUT2D eigenvalue weighted by molar-refractivity contribution is 7.12. The summed E-state index contributed by atoms with van der Waals surface area (Å²) < 4.78 is 5.53. The summed E-state index contributed by atoms with van der Waals surface area (Å²) in [7, 11) is 0. The molecule has 3 aromatic carbocycles. The Balaban J connectivity index is 1.51. The van der Waals surface area contributed by atoms with E-state index in [1.54, 1.807) is 17.5 Å². The van der Waals surface area contributed by atoms with Crippen LogP contribution in [0.2, 0.25) is 0 Å². The Morgan fingerprint density at radius 2 is 1.36 bits per heavy atom. The van der Waals surface area contributed by atoms with Gasteiger partial charge < -0.3 is 26.4 Å². The molecule has 4 aromatic rings. The number of nitrogens with two attached hydrogens (primary N) is 1. The Kier molecular flexibility index (Phi) is 11.3. The van der Waals surface area contributed by atoms with Crippen LogP contribution in [0.3, 0.4) is 0 Å². The van der Waals surface area contributed by atoms with Crippen LogP contribution in [0.1, 0.15) is 38.8 Å². The van der Waals surface area contributed by atoms with Gasteiger partial charge in [0.05, 0.1) is 11.5 Å². The highest BCUT2D eigenvalue weighted by Gasteiger charge is 2.28. The van der Waals surface area contributed by atoms with Gasteiger partial charge in [-0.05, 0) is 52.8 Å². The number of carbonyl (C=O) groups is 3. The molecular weight excluding hydrogens is 548 g/mol. The number of ether oxygens (including phenoxy) is 1. The molecule has 0 aliphatic heterocycles. The van der Waals surface area contributed by atoms with Gasteiger partial charge in [-0.15, -0.1) is 11.3 Å². The van der Waals surface area contributed by atoms with Gasteiger partial charge in [-0.25, -0.2) is 0 Å². The van der Waals surface area contributed by atoms with E-state index in [4.69, 9.17) is 10.5 Å². The van der Waals surface area contributed by atoms with Crippen molar-refractivity contribution >= 4 is 29.1 Å². The molecule has 4 rings (SSSR count). The van der Waals surface area contributed by atoms with Gasteiger partial charge in [-0.2, -0.15) is 0 Å². The summed E-state index contributed by atoms with van der Waals surface area (Å²) in [6, 6.07) is 26.3. The molecule has 8 nitrogen and oxygen atoms in total. The van der Waals surface area contributed by atoms with Gasteiger partial charge in [0.2, 0.25) is 11.8 Å². The van der Waals surface area contributed by atoms with Crippen LogP contribution >= 0.6 is 11.3 Å². The minimum atomic E-state index is -0.910. The second-order valence-electron chi connectivity index (χ2n) is 9.77. The maximum Gasteiger partial charge on any atom is 0.262 e. The Hall–Kier alpha value is -4.47. The van der Waals surface area contributed by atoms with E-state index in [-0.39, 0.29) is 18.2 Å². The molecule has 1 aromatic heterocycles. The van der Waals surface area contributed by atoms with E-state index >= 15 is 0 Å². The van der Waals surface area contributed by atoms with E-state index in [1.807, 2.05) is 85.8 Å². The first-order valence-electron chi connectivity index (χ1n) is 13.9. The summed E-state index contributed by atoms with van der Waals surface area (Å²) in [4.78, 5) is 40.6. The predicted molar refractivity (Wildman–Crippen MR) is 165 cm³/mol. The molecule has 2 atom stereocenters. The Bertz CT molecular complexity index is 1430. The number of benzene rings is 3. The van der Waals surface area contributed by atoms with Crippen molar-refractivity contribution in [2.45, 2.75) is 44.9 Å². The zero-order chi connectivity index (χ0) is 29.7. The first-order valence-corrected chi connectivity index (χ1v) is 14.8. The van der Waals surface area contributed by atoms with Crippen molar-refractivity contribution in [2.75, 3.05) is 6.61 Å². The highest BCUT2D eigenvalue weighted by Crippen LogP contribution is 2.15. The third kappa shape index (κ3) is 9.02. The number of rotatable bonds is 14. The number of amides is 3. The summed E-state index contributed by atoms with van der Waals surface area (Å²) in [5.74, 6) is -0.389. The van der Waals surface area contributed by atoms with Crippen LogP contribution in [0.15, 0.2) is 96.4 Å². The SMILES string of the molecule is CCOc1ccc(C[C@@H](NC(=O)c2cccs2)C(=O)N[C@@H](Cc2ccccc2)C(=O)NCc2ccc(CN)cc2)cc1. The Labute approximate surface area is 250 Å². The zero-order valence-electron chi connectivity index (χ0n) is 23.5. The number of thiophene rings is 1. The van der Waals surface area contributed by atoms with Gasteiger partial charge in [0.15, 0.2) is 0 Å². The lowest BCUT2D eigenvalue weighted by molar-refractivity contribution is -0.130. The minimum Gasteiger partial charge on any atom is -0.494 e. The van der Waals surface area contributed by atoms with E-state index in [1.165, 1.54) is 11.3 Å². The van der Waals surface area contributed by atoms with Crippen LogP contribution in [-0.2, 0) is 35.5 Å². The molecule has 0 saturated heterocycles. The fourth-order valence-corrected chi connectivity index (χ4v) is 5.03. The summed E-state index contributed by atoms with van der Waals surface area (Å²) in [5, 5.41) is 10.5. The topological polar surface area (TPSA) is 123 Å². The summed E-state index contributed by atoms with van der Waals surface area (Å²) in [6.07, 6.45) is 0.529. The van der Waals surface area contributed by atoms with E-state index < -0.39 is 18.0 Å². The first kappa shape index (κ1) is 30.5. The molecular formula is C33H36N4O4S. The molecule has 0 spiro atoms. The lowest BCUT2D eigenvalue weighted by Gasteiger charge is -2.23. The second-order valence-corrected chi connectivity index (χ2v) is 10.7. The number of nitrogens with one attached hydrogen (secondary N) is 3. The molecule has 218 valence electrons. The maximum atomic E-state index is 13.7. The third-order valence-corrected chi connectivity index (χ3v) is 7.55. The molecule has 0 aliphatic carbocycles. The molecule has 5 N–H and O–H groups in total. The van der Waals surface area contributed by atoms with Gasteiger partial charge in [0.1, 0.15) is 17.8 Å². The van der Waals surface area contributed by atoms with E-state index in [0.717, 1.165) is 28.0 Å². The van der Waals surface area contributed by atoms with E-state index in [9.17, 15) is 14.4 Å². The number of carbonyl (C=O) groups excluding carboxylic acids is 3. The monoisotopic (exact) mass is 584 g/mol. The molecule has 9 heteroatoms. The van der Waals surface area contributed by atoms with Gasteiger partial charge in [-0.1, -0.05) is 72.8 Å². The number of hydrogen-bond donors (Lipinski definition) is 4. The van der Waals surface area contributed by atoms with Crippen molar-refractivity contribution in [3.05, 3.63) is 124 Å². The van der Waals surface area contributed by atoms with Crippen molar-refractivity contribution in [3.8, 4) is 5.75 Å². The fraction of sp³-hybridized carbons (Fsp3) is 0.242. The highest BCUT2D eigenvalue weighted by atomic mass is 32.1. The van der Waals surface area contributed by atoms with Crippen molar-refractivity contribution in [3.63, 3.8) is 0 Å². The fourth-order valence-electron chi connectivity index (χ4n) is 4.41. The molecule has 3 amide bonds. The quantitative estimate of drug-likeness (QED) is 0.179. The maximum absolute atomic E-state index is 13.7. The number of hydrogen-bond acceptors (Lipinski definition) is 6. The molecule has 0 aliphatic rings. The van der Waals surface area contributed by atoms with Gasteiger partial charge in [0.25, 0.3) is 5.91 Å². The van der Waals surface area contributed by atoms with Crippen molar-refractivity contribution in [2.24, 2.45) is 5.73 Å². The van der Waals surface area contributed by atoms with Crippen molar-refractivity contribution < 1.29 is 19.1 Å². The van der Waals surface area contributed by atoms with E-state index in [2.05, 4.69) is 16.0 Å². The smallest absolute Gasteiger partial charge is 0.262 e. The molecule has 0 unspecified atom stereocenters. The lowest BCUT2D eigenvalue weighted by atomic mass is 10.0. The zero-order valence-corrected chi connectivity index (χ0v) is 24.4. The van der Waals surface area contributed by atoms with Crippen LogP contribution in [0, 0.1) is 0 Å². The molecule has 0 bridgehead atoms. The van der Waals surface area contributed by atoms with Crippen LogP contribution in [-0.4, -0.2) is 36.4 Å². The Morgan fingerprint density at radius 1 is 0.738 bits per heavy atom. The normalized spacial score (nSPS) is 12.1. The Morgan fingerprint density at radius 3 is 1.98 bits per heavy atom. The first-order chi connectivity index (χ1) is 20.4. The minimum absolute atomic E-state index is 0.239. The van der Waals surface area contributed by atoms with E-state index in [0.29, 0.717) is 31.0 Å². The van der Waals surface area contributed by atoms with Gasteiger partial charge in [0, 0.05) is 25.9 Å². The average Bonchev–Trinajstić information content (AvgIpc) is 3.56. The van der Waals surface area contributed by atoms with Crippen LogP contribution < -0.4 is 26.4 Å². The molecule has 0 fully saturated rings. The standard InChI is InChI=1S/C33H36N4O4S/c1-2-41-27-16-14-24(15-17-27)20-29(37-33(40)30-9-6-18-42-30)32(39)36-28(19-23-7-4-3-5-8-23)31(38)35-22-26-12-10-25(21-34)11-13-26/h3-18,28-29H,2,19-22,34H2,1H3,(H,35,38)(H,36,39)(H,37,40)/t28-,29+/m0/s1. The largest absolute Gasteiger partial charge is 0.494 e. The summed E-state index contributed by atoms with van der Waals surface area (Å²) in [6.45, 7) is 3.20. The third-order valence-electron chi connectivity index (χ3n) is 6.68. The van der Waals surface area contributed by atoms with Crippen LogP contribution in [0.4, 0.5) is 0 Å². The van der Waals surface area contributed by atoms with Crippen molar-refractivity contribution in [1.82, 2.24) is 16.0 Å². The average molecular weight is 585 g/mol. The van der Waals surface area contributed by atoms with Crippen LogP contribution in [0.5, 0.6) is 5.75 Å². The molecule has 0 radical (unpaired) electrons. The molecule has 1 heterocycles. The van der Waals surface area contributed by atoms with Gasteiger partial charge in [-0.3, -0.25) is 14.4 Å². The lowest BCUT2D eigenvalue weighted by Crippen LogP contribution is -2.55. The summed E-state index contributed by atoms with van der Waals surface area (Å²) in [5.41, 5.74) is 9.35.